The Morgan fingerprint density at radius 1 is 1.46 bits per heavy atom. The van der Waals surface area contributed by atoms with E-state index in [1.807, 2.05) is 6.92 Å². The number of rotatable bonds is 1. The van der Waals surface area contributed by atoms with Crippen molar-refractivity contribution >= 4 is 5.69 Å². The van der Waals surface area contributed by atoms with Crippen LogP contribution in [0.15, 0.2) is 4.79 Å². The third-order valence-corrected chi connectivity index (χ3v) is 2.83. The fraction of sp³-hybridized carbons (Fsp3) is 0.667. The first-order valence-corrected chi connectivity index (χ1v) is 4.76. The van der Waals surface area contributed by atoms with E-state index in [0.29, 0.717) is 11.7 Å². The predicted molar refractivity (Wildman–Crippen MR) is 51.7 cm³/mol. The molecule has 1 aromatic rings. The number of nitrogen functional groups attached to an aromatic ring is 1. The van der Waals surface area contributed by atoms with Gasteiger partial charge in [-0.1, -0.05) is 12.8 Å². The second-order valence-electron chi connectivity index (χ2n) is 3.76. The Morgan fingerprint density at radius 3 is 2.54 bits per heavy atom. The Bertz CT molecular complexity index is 357. The molecule has 0 unspecified atom stereocenters. The van der Waals surface area contributed by atoms with Gasteiger partial charge in [0.25, 0.3) is 5.56 Å². The highest BCUT2D eigenvalue weighted by Gasteiger charge is 2.20. The van der Waals surface area contributed by atoms with Gasteiger partial charge in [0.05, 0.1) is 11.7 Å². The van der Waals surface area contributed by atoms with Crippen molar-refractivity contribution < 1.29 is 0 Å². The molecule has 13 heavy (non-hydrogen) atoms. The van der Waals surface area contributed by atoms with Crippen molar-refractivity contribution in [3.05, 3.63) is 16.0 Å². The van der Waals surface area contributed by atoms with Gasteiger partial charge in [-0.15, -0.1) is 0 Å². The van der Waals surface area contributed by atoms with Crippen LogP contribution < -0.4 is 11.3 Å². The lowest BCUT2D eigenvalue weighted by Crippen LogP contribution is -2.21. The van der Waals surface area contributed by atoms with Crippen molar-refractivity contribution in [2.45, 2.75) is 38.6 Å². The molecular formula is C9H15N3O. The number of anilines is 1. The van der Waals surface area contributed by atoms with Gasteiger partial charge >= 0.3 is 0 Å². The number of H-pyrrole nitrogens is 1. The lowest BCUT2D eigenvalue weighted by Gasteiger charge is -2.08. The van der Waals surface area contributed by atoms with Crippen molar-refractivity contribution in [2.24, 2.45) is 0 Å². The van der Waals surface area contributed by atoms with Crippen LogP contribution in [0.3, 0.4) is 0 Å². The summed E-state index contributed by atoms with van der Waals surface area (Å²) in [4.78, 5) is 11.6. The summed E-state index contributed by atoms with van der Waals surface area (Å²) in [6, 6.07) is 0.350. The number of nitrogens with zero attached hydrogens (tertiary/aromatic N) is 1. The summed E-state index contributed by atoms with van der Waals surface area (Å²) < 4.78 is 1.69. The number of aromatic amines is 1. The highest BCUT2D eigenvalue weighted by Crippen LogP contribution is 2.28. The van der Waals surface area contributed by atoms with Crippen LogP contribution in [0.25, 0.3) is 0 Å². The van der Waals surface area contributed by atoms with Gasteiger partial charge in [-0.25, -0.2) is 4.68 Å². The summed E-state index contributed by atoms with van der Waals surface area (Å²) in [6.45, 7) is 1.84. The average molecular weight is 181 g/mol. The standard InChI is InChI=1S/C9H15N3O/c1-6-8(10)9(13)12(11-6)7-4-2-3-5-7/h7,11H,2-5,10H2,1H3. The highest BCUT2D eigenvalue weighted by molar-refractivity contribution is 5.39. The van der Waals surface area contributed by atoms with Gasteiger partial charge < -0.3 is 5.73 Å². The minimum atomic E-state index is -0.0515. The quantitative estimate of drug-likeness (QED) is 0.683. The summed E-state index contributed by atoms with van der Waals surface area (Å²) >= 11 is 0. The first-order chi connectivity index (χ1) is 6.20. The molecule has 1 aliphatic carbocycles. The van der Waals surface area contributed by atoms with E-state index >= 15 is 0 Å². The summed E-state index contributed by atoms with van der Waals surface area (Å²) in [7, 11) is 0. The van der Waals surface area contributed by atoms with Gasteiger partial charge in [0.2, 0.25) is 0 Å². The Labute approximate surface area is 76.7 Å². The smallest absolute Gasteiger partial charge is 0.290 e. The number of hydrogen-bond donors (Lipinski definition) is 2. The van der Waals surface area contributed by atoms with Crippen LogP contribution >= 0.6 is 0 Å². The van der Waals surface area contributed by atoms with Crippen molar-refractivity contribution in [1.29, 1.82) is 0 Å². The number of nitrogens with one attached hydrogen (secondary N) is 1. The largest absolute Gasteiger partial charge is 0.393 e. The SMILES string of the molecule is Cc1[nH]n(C2CCCC2)c(=O)c1N. The first-order valence-electron chi connectivity index (χ1n) is 4.76. The maximum absolute atomic E-state index is 11.6. The zero-order valence-corrected chi connectivity index (χ0v) is 7.84. The maximum atomic E-state index is 11.6. The molecule has 1 heterocycles. The van der Waals surface area contributed by atoms with E-state index in [2.05, 4.69) is 5.10 Å². The van der Waals surface area contributed by atoms with Gasteiger partial charge in [0, 0.05) is 0 Å². The normalized spacial score (nSPS) is 18.2. The molecule has 1 aromatic heterocycles. The predicted octanol–water partition coefficient (Wildman–Crippen LogP) is 1.18. The highest BCUT2D eigenvalue weighted by atomic mass is 16.1. The van der Waals surface area contributed by atoms with Crippen LogP contribution in [0, 0.1) is 6.92 Å². The summed E-state index contributed by atoms with van der Waals surface area (Å²) in [5, 5.41) is 3.03. The molecule has 0 amide bonds. The third kappa shape index (κ3) is 1.26. The molecule has 1 aliphatic rings. The number of nitrogens with two attached hydrogens (primary N) is 1. The number of aromatic nitrogens is 2. The molecular weight excluding hydrogens is 166 g/mol. The van der Waals surface area contributed by atoms with Crippen LogP contribution in [0.5, 0.6) is 0 Å². The summed E-state index contributed by atoms with van der Waals surface area (Å²) in [5.74, 6) is 0. The van der Waals surface area contributed by atoms with Crippen molar-refractivity contribution in [1.82, 2.24) is 9.78 Å². The van der Waals surface area contributed by atoms with E-state index in [9.17, 15) is 4.79 Å². The molecule has 72 valence electrons. The zero-order chi connectivity index (χ0) is 9.42. The second kappa shape index (κ2) is 2.94. The molecule has 1 fully saturated rings. The molecule has 0 aliphatic heterocycles. The molecule has 0 aromatic carbocycles. The van der Waals surface area contributed by atoms with E-state index in [1.54, 1.807) is 4.68 Å². The maximum Gasteiger partial charge on any atom is 0.290 e. The Balaban J connectivity index is 2.40. The molecule has 0 spiro atoms. The van der Waals surface area contributed by atoms with Crippen LogP contribution in [0.4, 0.5) is 5.69 Å². The molecule has 0 saturated heterocycles. The average Bonchev–Trinajstić information content (AvgIpc) is 2.70. The fourth-order valence-corrected chi connectivity index (χ4v) is 2.00. The third-order valence-electron chi connectivity index (χ3n) is 2.83. The van der Waals surface area contributed by atoms with Crippen LogP contribution in [0.1, 0.15) is 37.4 Å². The van der Waals surface area contributed by atoms with E-state index in [-0.39, 0.29) is 5.56 Å². The number of aryl methyl sites for hydroxylation is 1. The van der Waals surface area contributed by atoms with E-state index < -0.39 is 0 Å². The van der Waals surface area contributed by atoms with E-state index in [1.165, 1.54) is 12.8 Å². The Kier molecular flexibility index (Phi) is 1.90. The van der Waals surface area contributed by atoms with Crippen molar-refractivity contribution in [3.8, 4) is 0 Å². The van der Waals surface area contributed by atoms with Crippen LogP contribution in [0.2, 0.25) is 0 Å². The van der Waals surface area contributed by atoms with Crippen LogP contribution in [-0.2, 0) is 0 Å². The van der Waals surface area contributed by atoms with Crippen LogP contribution in [-0.4, -0.2) is 9.78 Å². The van der Waals surface area contributed by atoms with Gasteiger partial charge in [-0.2, -0.15) is 0 Å². The molecule has 3 N–H and O–H groups in total. The van der Waals surface area contributed by atoms with Gasteiger partial charge in [0.1, 0.15) is 5.69 Å². The summed E-state index contributed by atoms with van der Waals surface area (Å²) in [5.41, 5.74) is 6.71. The second-order valence-corrected chi connectivity index (χ2v) is 3.76. The molecule has 0 atom stereocenters. The first kappa shape index (κ1) is 8.41. The molecule has 4 nitrogen and oxygen atoms in total. The minimum absolute atomic E-state index is 0.0515. The molecule has 2 rings (SSSR count). The van der Waals surface area contributed by atoms with Gasteiger partial charge in [0.15, 0.2) is 0 Å². The van der Waals surface area contributed by atoms with E-state index in [4.69, 9.17) is 5.73 Å². The molecule has 4 heteroatoms. The lowest BCUT2D eigenvalue weighted by molar-refractivity contribution is 0.452. The fourth-order valence-electron chi connectivity index (χ4n) is 2.00. The Morgan fingerprint density at radius 2 is 2.08 bits per heavy atom. The Hall–Kier alpha value is -1.19. The zero-order valence-electron chi connectivity index (χ0n) is 7.84. The van der Waals surface area contributed by atoms with Crippen molar-refractivity contribution in [2.75, 3.05) is 5.73 Å². The van der Waals surface area contributed by atoms with E-state index in [0.717, 1.165) is 18.5 Å². The number of hydrogen-bond acceptors (Lipinski definition) is 2. The lowest BCUT2D eigenvalue weighted by atomic mass is 10.3. The minimum Gasteiger partial charge on any atom is -0.393 e. The van der Waals surface area contributed by atoms with Crippen molar-refractivity contribution in [3.63, 3.8) is 0 Å². The monoisotopic (exact) mass is 181 g/mol. The summed E-state index contributed by atoms with van der Waals surface area (Å²) in [6.07, 6.45) is 4.63. The van der Waals surface area contributed by atoms with Gasteiger partial charge in [-0.05, 0) is 19.8 Å². The molecule has 0 bridgehead atoms. The molecule has 1 saturated carbocycles. The molecule has 0 radical (unpaired) electrons. The topological polar surface area (TPSA) is 63.8 Å². The van der Waals surface area contributed by atoms with Gasteiger partial charge in [-0.3, -0.25) is 9.89 Å².